The fourth-order valence-corrected chi connectivity index (χ4v) is 4.24. The molecule has 5 nitrogen and oxygen atoms in total. The number of likely N-dealkylation sites (tertiary alicyclic amines) is 1. The molecule has 1 atom stereocenters. The van der Waals surface area contributed by atoms with Gasteiger partial charge in [0.05, 0.1) is 0 Å². The number of rotatable bonds is 6. The van der Waals surface area contributed by atoms with Gasteiger partial charge in [-0.1, -0.05) is 19.1 Å². The predicted molar refractivity (Wildman–Crippen MR) is 118 cm³/mol. The van der Waals surface area contributed by atoms with Crippen molar-refractivity contribution in [2.24, 2.45) is 0 Å². The monoisotopic (exact) mass is 403 g/mol. The molecule has 3 heterocycles. The molecule has 1 unspecified atom stereocenters. The van der Waals surface area contributed by atoms with Gasteiger partial charge in [-0.15, -0.1) is 0 Å². The molecule has 0 aliphatic carbocycles. The second kappa shape index (κ2) is 9.26. The molecule has 1 aliphatic rings. The minimum atomic E-state index is 0.102. The first kappa shape index (κ1) is 20.4. The Morgan fingerprint density at radius 3 is 2.77 bits per heavy atom. The van der Waals surface area contributed by atoms with E-state index in [9.17, 15) is 4.79 Å². The molecule has 0 radical (unpaired) electrons. The van der Waals surface area contributed by atoms with E-state index in [2.05, 4.69) is 28.9 Å². The molecule has 30 heavy (non-hydrogen) atoms. The number of amides is 1. The van der Waals surface area contributed by atoms with Crippen molar-refractivity contribution in [3.05, 3.63) is 77.8 Å². The van der Waals surface area contributed by atoms with Crippen LogP contribution in [-0.2, 0) is 6.54 Å². The molecule has 5 heteroatoms. The molecule has 1 aliphatic heterocycles. The molecular weight excluding hydrogens is 374 g/mol. The van der Waals surface area contributed by atoms with Crippen LogP contribution in [0.2, 0.25) is 0 Å². The summed E-state index contributed by atoms with van der Waals surface area (Å²) in [6.45, 7) is 7.55. The number of likely N-dealkylation sites (N-methyl/N-ethyl adjacent to an activating group) is 1. The van der Waals surface area contributed by atoms with Crippen molar-refractivity contribution in [1.82, 2.24) is 14.8 Å². The van der Waals surface area contributed by atoms with Crippen LogP contribution in [0.5, 0.6) is 0 Å². The van der Waals surface area contributed by atoms with Crippen LogP contribution in [-0.4, -0.2) is 46.4 Å². The van der Waals surface area contributed by atoms with Gasteiger partial charge in [-0.3, -0.25) is 14.7 Å². The third-order valence-corrected chi connectivity index (χ3v) is 5.88. The third-order valence-electron chi connectivity index (χ3n) is 5.88. The van der Waals surface area contributed by atoms with Gasteiger partial charge in [0.2, 0.25) is 0 Å². The SMILES string of the molecule is CCN(Cc1ccncc1)C1CCCN(C(=O)c2cccc(-c3ccc(C)o3)c2)C1. The van der Waals surface area contributed by atoms with Crippen molar-refractivity contribution in [2.75, 3.05) is 19.6 Å². The van der Waals surface area contributed by atoms with Gasteiger partial charge in [0.25, 0.3) is 5.91 Å². The molecule has 1 saturated heterocycles. The van der Waals surface area contributed by atoms with E-state index in [1.165, 1.54) is 5.56 Å². The number of aromatic nitrogens is 1. The zero-order valence-corrected chi connectivity index (χ0v) is 17.8. The molecule has 4 rings (SSSR count). The lowest BCUT2D eigenvalue weighted by Gasteiger charge is -2.39. The van der Waals surface area contributed by atoms with Gasteiger partial charge in [0.15, 0.2) is 0 Å². The normalized spacial score (nSPS) is 16.8. The number of benzene rings is 1. The summed E-state index contributed by atoms with van der Waals surface area (Å²) in [6.07, 6.45) is 5.83. The van der Waals surface area contributed by atoms with Crippen LogP contribution in [0.4, 0.5) is 0 Å². The molecule has 0 saturated carbocycles. The van der Waals surface area contributed by atoms with E-state index in [-0.39, 0.29) is 5.91 Å². The smallest absolute Gasteiger partial charge is 0.253 e. The molecule has 1 amide bonds. The Morgan fingerprint density at radius 2 is 2.03 bits per heavy atom. The van der Waals surface area contributed by atoms with E-state index in [4.69, 9.17) is 4.42 Å². The van der Waals surface area contributed by atoms with E-state index >= 15 is 0 Å². The number of piperidine rings is 1. The Labute approximate surface area is 178 Å². The largest absolute Gasteiger partial charge is 0.461 e. The molecule has 0 bridgehead atoms. The second-order valence-corrected chi connectivity index (χ2v) is 7.96. The highest BCUT2D eigenvalue weighted by Gasteiger charge is 2.28. The average molecular weight is 404 g/mol. The predicted octanol–water partition coefficient (Wildman–Crippen LogP) is 4.78. The van der Waals surface area contributed by atoms with Crippen molar-refractivity contribution in [3.63, 3.8) is 0 Å². The molecule has 156 valence electrons. The van der Waals surface area contributed by atoms with Gasteiger partial charge in [-0.05, 0) is 68.3 Å². The molecule has 0 N–H and O–H groups in total. The Kier molecular flexibility index (Phi) is 6.29. The first-order valence-electron chi connectivity index (χ1n) is 10.7. The average Bonchev–Trinajstić information content (AvgIpc) is 3.24. The molecule has 1 aromatic carbocycles. The number of pyridine rings is 1. The summed E-state index contributed by atoms with van der Waals surface area (Å²) < 4.78 is 5.73. The van der Waals surface area contributed by atoms with Crippen molar-refractivity contribution in [3.8, 4) is 11.3 Å². The summed E-state index contributed by atoms with van der Waals surface area (Å²) in [7, 11) is 0. The summed E-state index contributed by atoms with van der Waals surface area (Å²) in [5.41, 5.74) is 2.92. The van der Waals surface area contributed by atoms with E-state index in [0.717, 1.165) is 61.7 Å². The van der Waals surface area contributed by atoms with Gasteiger partial charge in [0, 0.05) is 49.2 Å². The number of hydrogen-bond donors (Lipinski definition) is 0. The summed E-state index contributed by atoms with van der Waals surface area (Å²) in [4.78, 5) is 21.9. The molecule has 3 aromatic rings. The van der Waals surface area contributed by atoms with Crippen LogP contribution in [0.3, 0.4) is 0 Å². The number of hydrogen-bond acceptors (Lipinski definition) is 4. The lowest BCUT2D eigenvalue weighted by atomic mass is 10.0. The Hall–Kier alpha value is -2.92. The Morgan fingerprint density at radius 1 is 1.20 bits per heavy atom. The Balaban J connectivity index is 1.47. The van der Waals surface area contributed by atoms with Gasteiger partial charge >= 0.3 is 0 Å². The first-order valence-corrected chi connectivity index (χ1v) is 10.7. The van der Waals surface area contributed by atoms with Crippen LogP contribution in [0.15, 0.2) is 65.3 Å². The van der Waals surface area contributed by atoms with Gasteiger partial charge in [-0.25, -0.2) is 0 Å². The van der Waals surface area contributed by atoms with Crippen molar-refractivity contribution >= 4 is 5.91 Å². The van der Waals surface area contributed by atoms with E-state index in [1.54, 1.807) is 0 Å². The Bertz CT molecular complexity index is 983. The van der Waals surface area contributed by atoms with Crippen LogP contribution in [0.25, 0.3) is 11.3 Å². The third kappa shape index (κ3) is 4.62. The minimum absolute atomic E-state index is 0.102. The first-order chi connectivity index (χ1) is 14.6. The standard InChI is InChI=1S/C25H29N3O2/c1-3-27(17-20-11-13-26-14-12-20)23-8-5-15-28(18-23)25(29)22-7-4-6-21(16-22)24-10-9-19(2)30-24/h4,6-7,9-14,16,23H,3,5,8,15,17-18H2,1-2H3. The number of nitrogens with zero attached hydrogens (tertiary/aromatic N) is 3. The highest BCUT2D eigenvalue weighted by atomic mass is 16.3. The highest BCUT2D eigenvalue weighted by Crippen LogP contribution is 2.25. The van der Waals surface area contributed by atoms with Crippen molar-refractivity contribution in [2.45, 2.75) is 39.3 Å². The summed E-state index contributed by atoms with van der Waals surface area (Å²) >= 11 is 0. The maximum Gasteiger partial charge on any atom is 0.253 e. The lowest BCUT2D eigenvalue weighted by Crippen LogP contribution is -2.49. The topological polar surface area (TPSA) is 49.6 Å². The van der Waals surface area contributed by atoms with E-state index < -0.39 is 0 Å². The summed E-state index contributed by atoms with van der Waals surface area (Å²) in [6, 6.07) is 16.2. The zero-order valence-electron chi connectivity index (χ0n) is 17.8. The van der Waals surface area contributed by atoms with Crippen LogP contribution in [0, 0.1) is 6.92 Å². The lowest BCUT2D eigenvalue weighted by molar-refractivity contribution is 0.0569. The minimum Gasteiger partial charge on any atom is -0.461 e. The van der Waals surface area contributed by atoms with Crippen LogP contribution in [0.1, 0.15) is 41.4 Å². The van der Waals surface area contributed by atoms with Crippen LogP contribution >= 0.6 is 0 Å². The van der Waals surface area contributed by atoms with Gasteiger partial charge in [0.1, 0.15) is 11.5 Å². The molecule has 2 aromatic heterocycles. The number of aryl methyl sites for hydroxylation is 1. The molecular formula is C25H29N3O2. The summed E-state index contributed by atoms with van der Waals surface area (Å²) in [5, 5.41) is 0. The quantitative estimate of drug-likeness (QED) is 0.594. The van der Waals surface area contributed by atoms with Crippen LogP contribution < -0.4 is 0 Å². The maximum atomic E-state index is 13.3. The summed E-state index contributed by atoms with van der Waals surface area (Å²) in [5.74, 6) is 1.77. The van der Waals surface area contributed by atoms with Gasteiger partial charge < -0.3 is 9.32 Å². The molecule has 1 fully saturated rings. The maximum absolute atomic E-state index is 13.3. The van der Waals surface area contributed by atoms with E-state index in [1.807, 2.05) is 60.6 Å². The molecule has 0 spiro atoms. The van der Waals surface area contributed by atoms with Crippen molar-refractivity contribution < 1.29 is 9.21 Å². The fraction of sp³-hybridized carbons (Fsp3) is 0.360. The van der Waals surface area contributed by atoms with E-state index in [0.29, 0.717) is 6.04 Å². The van der Waals surface area contributed by atoms with Crippen molar-refractivity contribution in [1.29, 1.82) is 0 Å². The zero-order chi connectivity index (χ0) is 20.9. The highest BCUT2D eigenvalue weighted by molar-refractivity contribution is 5.95. The number of carbonyl (C=O) groups excluding carboxylic acids is 1. The fourth-order valence-electron chi connectivity index (χ4n) is 4.24. The number of furan rings is 1. The van der Waals surface area contributed by atoms with Gasteiger partial charge in [-0.2, -0.15) is 0 Å². The second-order valence-electron chi connectivity index (χ2n) is 7.96. The number of carbonyl (C=O) groups is 1.